The Morgan fingerprint density at radius 1 is 1.18 bits per heavy atom. The maximum absolute atomic E-state index is 9.28. The third kappa shape index (κ3) is 2.45. The molecule has 3 nitrogen and oxygen atoms in total. The van der Waals surface area contributed by atoms with E-state index in [2.05, 4.69) is 11.1 Å². The van der Waals surface area contributed by atoms with Gasteiger partial charge in [-0.2, -0.15) is 0 Å². The predicted octanol–water partition coefficient (Wildman–Crippen LogP) is 2.56. The summed E-state index contributed by atoms with van der Waals surface area (Å²) in [5, 5.41) is 9.28. The number of ether oxygens (including phenoxy) is 1. The average Bonchev–Trinajstić information content (AvgIpc) is 2.38. The van der Waals surface area contributed by atoms with Crippen LogP contribution >= 0.6 is 0 Å². The van der Waals surface area contributed by atoms with Crippen LogP contribution in [0.4, 0.5) is 0 Å². The standard InChI is InChI=1S/C14H15NO2/c1-10-5-12(8-15-7-10)11-3-4-14(17-2)13(6-11)9-16/h3-8,16H,9H2,1-2H3. The first-order chi connectivity index (χ1) is 8.24. The van der Waals surface area contributed by atoms with Crippen LogP contribution < -0.4 is 4.74 Å². The summed E-state index contributed by atoms with van der Waals surface area (Å²) < 4.78 is 5.18. The molecule has 0 saturated heterocycles. The summed E-state index contributed by atoms with van der Waals surface area (Å²) >= 11 is 0. The highest BCUT2D eigenvalue weighted by Crippen LogP contribution is 2.26. The molecule has 0 bridgehead atoms. The van der Waals surface area contributed by atoms with Crippen molar-refractivity contribution in [3.05, 3.63) is 47.8 Å². The molecule has 2 aromatic rings. The number of rotatable bonds is 3. The third-order valence-corrected chi connectivity index (χ3v) is 2.66. The van der Waals surface area contributed by atoms with Gasteiger partial charge in [-0.15, -0.1) is 0 Å². The van der Waals surface area contributed by atoms with E-state index >= 15 is 0 Å². The second-order valence-corrected chi connectivity index (χ2v) is 3.94. The fourth-order valence-electron chi connectivity index (χ4n) is 1.79. The molecule has 0 aliphatic rings. The molecule has 0 atom stereocenters. The first-order valence-electron chi connectivity index (χ1n) is 5.44. The van der Waals surface area contributed by atoms with E-state index in [1.54, 1.807) is 7.11 Å². The highest BCUT2D eigenvalue weighted by atomic mass is 16.5. The lowest BCUT2D eigenvalue weighted by Crippen LogP contribution is -1.92. The maximum atomic E-state index is 9.28. The second kappa shape index (κ2) is 4.97. The number of aryl methyl sites for hydroxylation is 1. The van der Waals surface area contributed by atoms with Gasteiger partial charge in [0.25, 0.3) is 0 Å². The zero-order valence-corrected chi connectivity index (χ0v) is 9.97. The zero-order valence-electron chi connectivity index (χ0n) is 9.97. The van der Waals surface area contributed by atoms with Gasteiger partial charge < -0.3 is 9.84 Å². The number of aromatic nitrogens is 1. The highest BCUT2D eigenvalue weighted by molar-refractivity contribution is 5.65. The van der Waals surface area contributed by atoms with Crippen molar-refractivity contribution in [1.82, 2.24) is 4.98 Å². The van der Waals surface area contributed by atoms with E-state index in [0.717, 1.165) is 22.3 Å². The van der Waals surface area contributed by atoms with Gasteiger partial charge in [0.1, 0.15) is 5.75 Å². The minimum atomic E-state index is -0.0315. The van der Waals surface area contributed by atoms with Crippen molar-refractivity contribution in [3.63, 3.8) is 0 Å². The monoisotopic (exact) mass is 229 g/mol. The van der Waals surface area contributed by atoms with Crippen LogP contribution in [0.3, 0.4) is 0 Å². The van der Waals surface area contributed by atoms with Gasteiger partial charge in [0.2, 0.25) is 0 Å². The van der Waals surface area contributed by atoms with E-state index in [1.807, 2.05) is 37.5 Å². The van der Waals surface area contributed by atoms with E-state index in [0.29, 0.717) is 5.75 Å². The first kappa shape index (κ1) is 11.6. The van der Waals surface area contributed by atoms with Crippen molar-refractivity contribution >= 4 is 0 Å². The summed E-state index contributed by atoms with van der Waals surface area (Å²) in [7, 11) is 1.60. The highest BCUT2D eigenvalue weighted by Gasteiger charge is 2.05. The number of pyridine rings is 1. The fourth-order valence-corrected chi connectivity index (χ4v) is 1.79. The van der Waals surface area contributed by atoms with E-state index < -0.39 is 0 Å². The Bertz CT molecular complexity index is 523. The first-order valence-corrected chi connectivity index (χ1v) is 5.44. The van der Waals surface area contributed by atoms with Crippen molar-refractivity contribution in [3.8, 4) is 16.9 Å². The van der Waals surface area contributed by atoms with Crippen LogP contribution in [0.5, 0.6) is 5.75 Å². The molecule has 0 radical (unpaired) electrons. The van der Waals surface area contributed by atoms with Gasteiger partial charge in [0.15, 0.2) is 0 Å². The van der Waals surface area contributed by atoms with Gasteiger partial charge in [-0.3, -0.25) is 4.98 Å². The number of aliphatic hydroxyl groups excluding tert-OH is 1. The van der Waals surface area contributed by atoms with Gasteiger partial charge >= 0.3 is 0 Å². The molecule has 1 heterocycles. The minimum absolute atomic E-state index is 0.0315. The van der Waals surface area contributed by atoms with Gasteiger partial charge in [0, 0.05) is 23.5 Å². The lowest BCUT2D eigenvalue weighted by Gasteiger charge is -2.09. The Hall–Kier alpha value is -1.87. The van der Waals surface area contributed by atoms with Crippen molar-refractivity contribution in [1.29, 1.82) is 0 Å². The maximum Gasteiger partial charge on any atom is 0.124 e. The number of nitrogens with zero attached hydrogens (tertiary/aromatic N) is 1. The normalized spacial score (nSPS) is 10.3. The van der Waals surface area contributed by atoms with Crippen LogP contribution in [0.25, 0.3) is 11.1 Å². The van der Waals surface area contributed by atoms with Crippen LogP contribution in [0.15, 0.2) is 36.7 Å². The van der Waals surface area contributed by atoms with E-state index in [9.17, 15) is 5.11 Å². The summed E-state index contributed by atoms with van der Waals surface area (Å²) in [6, 6.07) is 7.82. The lowest BCUT2D eigenvalue weighted by atomic mass is 10.0. The number of methoxy groups -OCH3 is 1. The third-order valence-electron chi connectivity index (χ3n) is 2.66. The number of aliphatic hydroxyl groups is 1. The Labute approximate surface area is 101 Å². The quantitative estimate of drug-likeness (QED) is 0.879. The van der Waals surface area contributed by atoms with Crippen molar-refractivity contribution < 1.29 is 9.84 Å². The lowest BCUT2D eigenvalue weighted by molar-refractivity contribution is 0.274. The number of hydrogen-bond donors (Lipinski definition) is 1. The van der Waals surface area contributed by atoms with E-state index in [1.165, 1.54) is 0 Å². The zero-order chi connectivity index (χ0) is 12.3. The van der Waals surface area contributed by atoms with Crippen LogP contribution in [0.2, 0.25) is 0 Å². The molecule has 0 fully saturated rings. The summed E-state index contributed by atoms with van der Waals surface area (Å²) in [5.41, 5.74) is 3.98. The molecule has 88 valence electrons. The van der Waals surface area contributed by atoms with Gasteiger partial charge in [-0.25, -0.2) is 0 Å². The van der Waals surface area contributed by atoms with Gasteiger partial charge in [0.05, 0.1) is 13.7 Å². The molecule has 0 amide bonds. The summed E-state index contributed by atoms with van der Waals surface area (Å²) in [5.74, 6) is 0.705. The summed E-state index contributed by atoms with van der Waals surface area (Å²) in [6.07, 6.45) is 3.63. The van der Waals surface area contributed by atoms with Crippen molar-refractivity contribution in [2.24, 2.45) is 0 Å². The second-order valence-electron chi connectivity index (χ2n) is 3.94. The Balaban J connectivity index is 2.46. The topological polar surface area (TPSA) is 42.4 Å². The van der Waals surface area contributed by atoms with Crippen molar-refractivity contribution in [2.45, 2.75) is 13.5 Å². The van der Waals surface area contributed by atoms with Crippen LogP contribution in [-0.2, 0) is 6.61 Å². The molecule has 1 N–H and O–H groups in total. The molecule has 0 aliphatic carbocycles. The Morgan fingerprint density at radius 2 is 2.00 bits per heavy atom. The Morgan fingerprint density at radius 3 is 2.65 bits per heavy atom. The molecule has 17 heavy (non-hydrogen) atoms. The number of benzene rings is 1. The van der Waals surface area contributed by atoms with Crippen LogP contribution in [0.1, 0.15) is 11.1 Å². The van der Waals surface area contributed by atoms with Gasteiger partial charge in [-0.05, 0) is 36.2 Å². The SMILES string of the molecule is COc1ccc(-c2cncc(C)c2)cc1CO. The van der Waals surface area contributed by atoms with Gasteiger partial charge in [-0.1, -0.05) is 6.07 Å². The molecule has 1 aromatic carbocycles. The fraction of sp³-hybridized carbons (Fsp3) is 0.214. The molecule has 1 aromatic heterocycles. The Kier molecular flexibility index (Phi) is 3.40. The number of hydrogen-bond acceptors (Lipinski definition) is 3. The largest absolute Gasteiger partial charge is 0.496 e. The van der Waals surface area contributed by atoms with Crippen LogP contribution in [-0.4, -0.2) is 17.2 Å². The summed E-state index contributed by atoms with van der Waals surface area (Å²) in [4.78, 5) is 4.16. The predicted molar refractivity (Wildman–Crippen MR) is 66.9 cm³/mol. The summed E-state index contributed by atoms with van der Waals surface area (Å²) in [6.45, 7) is 1.98. The molecular weight excluding hydrogens is 214 g/mol. The average molecular weight is 229 g/mol. The molecule has 3 heteroatoms. The van der Waals surface area contributed by atoms with E-state index in [-0.39, 0.29) is 6.61 Å². The molecule has 0 unspecified atom stereocenters. The smallest absolute Gasteiger partial charge is 0.124 e. The minimum Gasteiger partial charge on any atom is -0.496 e. The molecular formula is C14H15NO2. The molecule has 0 spiro atoms. The molecule has 0 aliphatic heterocycles. The van der Waals surface area contributed by atoms with Crippen LogP contribution in [0, 0.1) is 6.92 Å². The van der Waals surface area contributed by atoms with E-state index in [4.69, 9.17) is 4.74 Å². The molecule has 2 rings (SSSR count). The molecule has 0 saturated carbocycles. The van der Waals surface area contributed by atoms with Crippen molar-refractivity contribution in [2.75, 3.05) is 7.11 Å².